The van der Waals surface area contributed by atoms with Gasteiger partial charge in [0, 0.05) is 41.4 Å². The fourth-order valence-corrected chi connectivity index (χ4v) is 3.28. The van der Waals surface area contributed by atoms with Gasteiger partial charge in [0.05, 0.1) is 5.56 Å². The van der Waals surface area contributed by atoms with Gasteiger partial charge in [-0.2, -0.15) is 0 Å². The number of aryl methyl sites for hydroxylation is 1. The predicted molar refractivity (Wildman–Crippen MR) is 136 cm³/mol. The SMILES string of the molecule is Cc1ccc(C(=O)c2ccccc2C(=O)NCCNC(=O)c2ccc(NC(=O)C(C)C)cc2)cc1. The molecule has 7 nitrogen and oxygen atoms in total. The number of anilines is 1. The molecule has 0 heterocycles. The lowest BCUT2D eigenvalue weighted by atomic mass is 9.97. The van der Waals surface area contributed by atoms with Crippen molar-refractivity contribution in [3.05, 3.63) is 101 Å². The molecular formula is C28H29N3O4. The Bertz CT molecular complexity index is 1220. The largest absolute Gasteiger partial charge is 0.350 e. The quantitative estimate of drug-likeness (QED) is 0.324. The van der Waals surface area contributed by atoms with Crippen LogP contribution in [0.15, 0.2) is 72.8 Å². The van der Waals surface area contributed by atoms with Crippen LogP contribution in [0.1, 0.15) is 56.0 Å². The van der Waals surface area contributed by atoms with Gasteiger partial charge in [0.25, 0.3) is 11.8 Å². The minimum atomic E-state index is -0.388. The Morgan fingerprint density at radius 2 is 1.23 bits per heavy atom. The summed E-state index contributed by atoms with van der Waals surface area (Å²) in [4.78, 5) is 49.8. The molecule has 35 heavy (non-hydrogen) atoms. The van der Waals surface area contributed by atoms with Crippen LogP contribution in [-0.2, 0) is 4.79 Å². The second kappa shape index (κ2) is 11.7. The Kier molecular flexibility index (Phi) is 8.51. The van der Waals surface area contributed by atoms with Crippen LogP contribution >= 0.6 is 0 Å². The Balaban J connectivity index is 1.53. The molecule has 0 aromatic heterocycles. The van der Waals surface area contributed by atoms with Gasteiger partial charge in [-0.15, -0.1) is 0 Å². The third-order valence-corrected chi connectivity index (χ3v) is 5.37. The first-order valence-electron chi connectivity index (χ1n) is 11.4. The van der Waals surface area contributed by atoms with Crippen molar-refractivity contribution in [2.45, 2.75) is 20.8 Å². The number of carbonyl (C=O) groups is 4. The van der Waals surface area contributed by atoms with E-state index in [2.05, 4.69) is 16.0 Å². The number of rotatable bonds is 9. The van der Waals surface area contributed by atoms with Gasteiger partial charge in [-0.3, -0.25) is 19.2 Å². The molecule has 3 N–H and O–H groups in total. The molecule has 7 heteroatoms. The number of amides is 3. The Hall–Kier alpha value is -4.26. The second-order valence-electron chi connectivity index (χ2n) is 8.47. The zero-order valence-corrected chi connectivity index (χ0v) is 20.1. The number of benzene rings is 3. The van der Waals surface area contributed by atoms with Crippen molar-refractivity contribution in [2.75, 3.05) is 18.4 Å². The highest BCUT2D eigenvalue weighted by Gasteiger charge is 2.18. The van der Waals surface area contributed by atoms with E-state index >= 15 is 0 Å². The van der Waals surface area contributed by atoms with E-state index in [1.165, 1.54) is 0 Å². The average Bonchev–Trinajstić information content (AvgIpc) is 2.86. The highest BCUT2D eigenvalue weighted by molar-refractivity contribution is 6.15. The van der Waals surface area contributed by atoms with Gasteiger partial charge in [-0.1, -0.05) is 61.9 Å². The van der Waals surface area contributed by atoms with Crippen molar-refractivity contribution in [1.29, 1.82) is 0 Å². The summed E-state index contributed by atoms with van der Waals surface area (Å²) < 4.78 is 0. The van der Waals surface area contributed by atoms with E-state index < -0.39 is 0 Å². The number of nitrogens with one attached hydrogen (secondary N) is 3. The normalized spacial score (nSPS) is 10.5. The van der Waals surface area contributed by atoms with Crippen molar-refractivity contribution >= 4 is 29.2 Å². The maximum Gasteiger partial charge on any atom is 0.252 e. The molecule has 0 spiro atoms. The Morgan fingerprint density at radius 3 is 1.83 bits per heavy atom. The highest BCUT2D eigenvalue weighted by Crippen LogP contribution is 2.16. The molecule has 3 aromatic rings. The molecule has 0 bridgehead atoms. The molecule has 3 rings (SSSR count). The molecule has 0 aliphatic rings. The molecule has 0 atom stereocenters. The van der Waals surface area contributed by atoms with Gasteiger partial charge >= 0.3 is 0 Å². The van der Waals surface area contributed by atoms with Crippen LogP contribution in [0.3, 0.4) is 0 Å². The van der Waals surface area contributed by atoms with Crippen LogP contribution in [0.4, 0.5) is 5.69 Å². The standard InChI is InChI=1S/C28H29N3O4/c1-18(2)26(33)31-22-14-12-21(13-15-22)27(34)29-16-17-30-28(35)24-7-5-4-6-23(24)25(32)20-10-8-19(3)9-11-20/h4-15,18H,16-17H2,1-3H3,(H,29,34)(H,30,35)(H,31,33). The average molecular weight is 472 g/mol. The van der Waals surface area contributed by atoms with E-state index in [0.29, 0.717) is 22.4 Å². The van der Waals surface area contributed by atoms with Crippen molar-refractivity contribution in [1.82, 2.24) is 10.6 Å². The molecule has 3 aromatic carbocycles. The van der Waals surface area contributed by atoms with Gasteiger partial charge in [0.2, 0.25) is 5.91 Å². The lowest BCUT2D eigenvalue weighted by Crippen LogP contribution is -2.35. The van der Waals surface area contributed by atoms with E-state index in [4.69, 9.17) is 0 Å². The zero-order valence-electron chi connectivity index (χ0n) is 20.1. The maximum atomic E-state index is 12.9. The van der Waals surface area contributed by atoms with Gasteiger partial charge in [-0.25, -0.2) is 0 Å². The van der Waals surface area contributed by atoms with Crippen molar-refractivity contribution in [3.8, 4) is 0 Å². The fourth-order valence-electron chi connectivity index (χ4n) is 3.28. The van der Waals surface area contributed by atoms with Crippen LogP contribution in [-0.4, -0.2) is 36.6 Å². The van der Waals surface area contributed by atoms with Crippen LogP contribution in [0.2, 0.25) is 0 Å². The number of ketones is 1. The van der Waals surface area contributed by atoms with Crippen LogP contribution in [0.25, 0.3) is 0 Å². The summed E-state index contributed by atoms with van der Waals surface area (Å²) in [6.45, 7) is 5.95. The minimum Gasteiger partial charge on any atom is -0.350 e. The minimum absolute atomic E-state index is 0.0971. The smallest absolute Gasteiger partial charge is 0.252 e. The molecule has 0 saturated heterocycles. The second-order valence-corrected chi connectivity index (χ2v) is 8.47. The van der Waals surface area contributed by atoms with E-state index in [-0.39, 0.29) is 48.1 Å². The van der Waals surface area contributed by atoms with Crippen molar-refractivity contribution in [2.24, 2.45) is 5.92 Å². The molecule has 0 fully saturated rings. The van der Waals surface area contributed by atoms with E-state index in [9.17, 15) is 19.2 Å². The lowest BCUT2D eigenvalue weighted by molar-refractivity contribution is -0.118. The van der Waals surface area contributed by atoms with Gasteiger partial charge in [0.1, 0.15) is 0 Å². The molecule has 0 aliphatic heterocycles. The molecule has 180 valence electrons. The molecule has 0 aliphatic carbocycles. The summed E-state index contributed by atoms with van der Waals surface area (Å²) in [5, 5.41) is 8.27. The number of carbonyl (C=O) groups excluding carboxylic acids is 4. The van der Waals surface area contributed by atoms with Crippen molar-refractivity contribution < 1.29 is 19.2 Å². The third kappa shape index (κ3) is 6.86. The van der Waals surface area contributed by atoms with Crippen LogP contribution in [0, 0.1) is 12.8 Å². The monoisotopic (exact) mass is 471 g/mol. The molecule has 0 radical (unpaired) electrons. The number of hydrogen-bond donors (Lipinski definition) is 3. The third-order valence-electron chi connectivity index (χ3n) is 5.37. The van der Waals surface area contributed by atoms with Crippen molar-refractivity contribution in [3.63, 3.8) is 0 Å². The first-order chi connectivity index (χ1) is 16.8. The summed E-state index contributed by atoms with van der Waals surface area (Å²) >= 11 is 0. The lowest BCUT2D eigenvalue weighted by Gasteiger charge is -2.11. The van der Waals surface area contributed by atoms with Gasteiger partial charge < -0.3 is 16.0 Å². The number of hydrogen-bond acceptors (Lipinski definition) is 4. The Labute approximate surface area is 204 Å². The van der Waals surface area contributed by atoms with E-state index in [0.717, 1.165) is 5.56 Å². The maximum absolute atomic E-state index is 12.9. The first-order valence-corrected chi connectivity index (χ1v) is 11.4. The Morgan fingerprint density at radius 1 is 0.686 bits per heavy atom. The predicted octanol–water partition coefficient (Wildman–Crippen LogP) is 3.98. The zero-order chi connectivity index (χ0) is 25.4. The molecule has 0 saturated carbocycles. The summed E-state index contributed by atoms with van der Waals surface area (Å²) in [6.07, 6.45) is 0. The summed E-state index contributed by atoms with van der Waals surface area (Å²) in [6, 6.07) is 20.4. The molecular weight excluding hydrogens is 442 g/mol. The topological polar surface area (TPSA) is 104 Å². The molecule has 3 amide bonds. The van der Waals surface area contributed by atoms with E-state index in [1.807, 2.05) is 19.1 Å². The van der Waals surface area contributed by atoms with E-state index in [1.54, 1.807) is 74.5 Å². The van der Waals surface area contributed by atoms with Gasteiger partial charge in [0.15, 0.2) is 5.78 Å². The summed E-state index contributed by atoms with van der Waals surface area (Å²) in [7, 11) is 0. The summed E-state index contributed by atoms with van der Waals surface area (Å²) in [5.74, 6) is -1.14. The molecule has 0 unspecified atom stereocenters. The van der Waals surface area contributed by atoms with Gasteiger partial charge in [-0.05, 0) is 37.3 Å². The fraction of sp³-hybridized carbons (Fsp3) is 0.214. The van der Waals surface area contributed by atoms with Crippen LogP contribution < -0.4 is 16.0 Å². The highest BCUT2D eigenvalue weighted by atomic mass is 16.2. The first kappa shape index (κ1) is 25.4. The van der Waals surface area contributed by atoms with Crippen LogP contribution in [0.5, 0.6) is 0 Å². The summed E-state index contributed by atoms with van der Waals surface area (Å²) in [5.41, 5.74) is 3.21.